The van der Waals surface area contributed by atoms with Crippen LogP contribution in [0, 0.1) is 11.7 Å². The van der Waals surface area contributed by atoms with Crippen LogP contribution < -0.4 is 5.32 Å². The van der Waals surface area contributed by atoms with Crippen LogP contribution in [-0.4, -0.2) is 22.5 Å². The van der Waals surface area contributed by atoms with Crippen molar-refractivity contribution in [2.75, 3.05) is 0 Å². The average Bonchev–Trinajstić information content (AvgIpc) is 2.42. The number of hydrogen-bond donors (Lipinski definition) is 2. The largest absolute Gasteiger partial charge is 0.481 e. The smallest absolute Gasteiger partial charge is 0.308 e. The third-order valence-electron chi connectivity index (χ3n) is 4.16. The maximum absolute atomic E-state index is 13.5. The Bertz CT molecular complexity index is 623. The van der Waals surface area contributed by atoms with E-state index in [-0.39, 0.29) is 15.6 Å². The van der Waals surface area contributed by atoms with Crippen LogP contribution in [0.2, 0.25) is 10.0 Å². The second kappa shape index (κ2) is 6.42. The first-order valence-electron chi connectivity index (χ1n) is 6.94. The molecule has 0 aliphatic heterocycles. The van der Waals surface area contributed by atoms with E-state index in [1.165, 1.54) is 0 Å². The van der Waals surface area contributed by atoms with Crippen molar-refractivity contribution in [3.8, 4) is 0 Å². The molecule has 1 amide bonds. The number of amides is 1. The van der Waals surface area contributed by atoms with Crippen LogP contribution >= 0.6 is 23.2 Å². The molecule has 1 fully saturated rings. The minimum atomic E-state index is -0.948. The van der Waals surface area contributed by atoms with Gasteiger partial charge >= 0.3 is 5.97 Å². The molecule has 0 radical (unpaired) electrons. The Morgan fingerprint density at radius 2 is 2.00 bits per heavy atom. The van der Waals surface area contributed by atoms with Crippen LogP contribution in [0.5, 0.6) is 0 Å². The third-order valence-corrected chi connectivity index (χ3v) is 4.76. The van der Waals surface area contributed by atoms with Crippen LogP contribution in [-0.2, 0) is 4.79 Å². The number of aliphatic carboxylic acids is 1. The summed E-state index contributed by atoms with van der Waals surface area (Å²) in [6, 6.07) is 2.12. The molecule has 0 heterocycles. The van der Waals surface area contributed by atoms with Crippen molar-refractivity contribution in [3.05, 3.63) is 33.6 Å². The summed E-state index contributed by atoms with van der Waals surface area (Å²) in [5.74, 6) is -2.98. The predicted molar refractivity (Wildman–Crippen MR) is 81.9 cm³/mol. The number of carbonyl (C=O) groups is 2. The van der Waals surface area contributed by atoms with Gasteiger partial charge in [0.05, 0.1) is 27.1 Å². The normalized spacial score (nSPS) is 24.8. The van der Waals surface area contributed by atoms with Crippen molar-refractivity contribution < 1.29 is 19.1 Å². The Kier molecular flexibility index (Phi) is 4.97. The summed E-state index contributed by atoms with van der Waals surface area (Å²) in [5, 5.41) is 11.9. The number of hydrogen-bond acceptors (Lipinski definition) is 2. The van der Waals surface area contributed by atoms with E-state index in [9.17, 15) is 19.1 Å². The Morgan fingerprint density at radius 1 is 1.32 bits per heavy atom. The van der Waals surface area contributed by atoms with Gasteiger partial charge in [0.2, 0.25) is 0 Å². The molecular weight excluding hydrogens is 332 g/mol. The average molecular weight is 348 g/mol. The molecular formula is C15H16Cl2FNO3. The molecule has 1 aliphatic carbocycles. The summed E-state index contributed by atoms with van der Waals surface area (Å²) in [6.45, 7) is 1.70. The summed E-state index contributed by atoms with van der Waals surface area (Å²) in [6.07, 6.45) is 2.67. The SMILES string of the molecule is CC1(NC(=O)c2cc(F)c(Cl)cc2Cl)CCCCC1C(=O)O. The topological polar surface area (TPSA) is 66.4 Å². The van der Waals surface area contributed by atoms with Gasteiger partial charge in [-0.1, -0.05) is 36.0 Å². The molecule has 2 atom stereocenters. The standard InChI is InChI=1S/C15H16Cl2FNO3/c1-15(5-3-2-4-9(15)14(21)22)19-13(20)8-6-12(18)11(17)7-10(8)16/h6-7,9H,2-5H2,1H3,(H,19,20)(H,21,22). The Balaban J connectivity index is 2.27. The molecule has 1 aromatic rings. The Labute approximate surface area is 137 Å². The number of carboxylic acids is 1. The van der Waals surface area contributed by atoms with E-state index in [0.717, 1.165) is 25.0 Å². The van der Waals surface area contributed by atoms with E-state index < -0.39 is 29.2 Å². The monoisotopic (exact) mass is 347 g/mol. The maximum atomic E-state index is 13.5. The van der Waals surface area contributed by atoms with Crippen LogP contribution in [0.4, 0.5) is 4.39 Å². The molecule has 0 spiro atoms. The highest BCUT2D eigenvalue weighted by Crippen LogP contribution is 2.34. The number of rotatable bonds is 3. The molecule has 0 saturated heterocycles. The lowest BCUT2D eigenvalue weighted by atomic mass is 9.73. The summed E-state index contributed by atoms with van der Waals surface area (Å²) in [5.41, 5.74) is -0.944. The van der Waals surface area contributed by atoms with E-state index >= 15 is 0 Å². The fraction of sp³-hybridized carbons (Fsp3) is 0.467. The lowest BCUT2D eigenvalue weighted by Crippen LogP contribution is -2.55. The molecule has 2 N–H and O–H groups in total. The molecule has 7 heteroatoms. The van der Waals surface area contributed by atoms with Crippen molar-refractivity contribution in [2.45, 2.75) is 38.1 Å². The van der Waals surface area contributed by atoms with Gasteiger partial charge in [-0.15, -0.1) is 0 Å². The lowest BCUT2D eigenvalue weighted by Gasteiger charge is -2.39. The van der Waals surface area contributed by atoms with Gasteiger partial charge in [-0.05, 0) is 31.9 Å². The first-order chi connectivity index (χ1) is 10.2. The minimum absolute atomic E-state index is 0.0233. The van der Waals surface area contributed by atoms with E-state index in [1.54, 1.807) is 6.92 Å². The van der Waals surface area contributed by atoms with E-state index in [2.05, 4.69) is 5.32 Å². The Hall–Kier alpha value is -1.33. The highest BCUT2D eigenvalue weighted by molar-refractivity contribution is 6.36. The molecule has 22 heavy (non-hydrogen) atoms. The van der Waals surface area contributed by atoms with Gasteiger partial charge < -0.3 is 10.4 Å². The van der Waals surface area contributed by atoms with E-state index in [1.807, 2.05) is 0 Å². The van der Waals surface area contributed by atoms with Gasteiger partial charge in [0.15, 0.2) is 0 Å². The molecule has 1 aliphatic rings. The Morgan fingerprint density at radius 3 is 2.64 bits per heavy atom. The zero-order valence-corrected chi connectivity index (χ0v) is 13.5. The second-order valence-corrected chi connectivity index (χ2v) is 6.57. The fourth-order valence-corrected chi connectivity index (χ4v) is 3.37. The van der Waals surface area contributed by atoms with Crippen molar-refractivity contribution in [1.82, 2.24) is 5.32 Å². The van der Waals surface area contributed by atoms with Crippen molar-refractivity contribution >= 4 is 35.1 Å². The zero-order valence-electron chi connectivity index (χ0n) is 12.0. The molecule has 120 valence electrons. The molecule has 0 aromatic heterocycles. The third kappa shape index (κ3) is 3.36. The summed E-state index contributed by atoms with van der Waals surface area (Å²) >= 11 is 11.5. The summed E-state index contributed by atoms with van der Waals surface area (Å²) in [7, 11) is 0. The number of carbonyl (C=O) groups excluding carboxylic acids is 1. The van der Waals surface area contributed by atoms with Crippen LogP contribution in [0.3, 0.4) is 0 Å². The van der Waals surface area contributed by atoms with E-state index in [0.29, 0.717) is 12.8 Å². The summed E-state index contributed by atoms with van der Waals surface area (Å²) in [4.78, 5) is 23.8. The first kappa shape index (κ1) is 17.0. The van der Waals surface area contributed by atoms with Crippen LogP contribution in [0.1, 0.15) is 43.0 Å². The molecule has 2 unspecified atom stereocenters. The van der Waals surface area contributed by atoms with Crippen molar-refractivity contribution in [1.29, 1.82) is 0 Å². The minimum Gasteiger partial charge on any atom is -0.481 e. The first-order valence-corrected chi connectivity index (χ1v) is 7.70. The number of halogens is 3. The highest BCUT2D eigenvalue weighted by atomic mass is 35.5. The van der Waals surface area contributed by atoms with Gasteiger partial charge in [0.25, 0.3) is 5.91 Å². The molecule has 1 saturated carbocycles. The van der Waals surface area contributed by atoms with Gasteiger partial charge in [-0.3, -0.25) is 9.59 Å². The zero-order chi connectivity index (χ0) is 16.5. The molecule has 0 bridgehead atoms. The van der Waals surface area contributed by atoms with E-state index in [4.69, 9.17) is 23.2 Å². The van der Waals surface area contributed by atoms with Gasteiger partial charge in [-0.25, -0.2) is 4.39 Å². The molecule has 1 aromatic carbocycles. The van der Waals surface area contributed by atoms with Crippen LogP contribution in [0.15, 0.2) is 12.1 Å². The molecule has 4 nitrogen and oxygen atoms in total. The van der Waals surface area contributed by atoms with Gasteiger partial charge in [0, 0.05) is 0 Å². The van der Waals surface area contributed by atoms with Gasteiger partial charge in [-0.2, -0.15) is 0 Å². The fourth-order valence-electron chi connectivity index (χ4n) is 2.90. The number of carboxylic acid groups (broad SMARTS) is 1. The van der Waals surface area contributed by atoms with Crippen molar-refractivity contribution in [3.63, 3.8) is 0 Å². The maximum Gasteiger partial charge on any atom is 0.308 e. The number of benzene rings is 1. The van der Waals surface area contributed by atoms with Crippen molar-refractivity contribution in [2.24, 2.45) is 5.92 Å². The second-order valence-electron chi connectivity index (χ2n) is 5.75. The van der Waals surface area contributed by atoms with Gasteiger partial charge in [0.1, 0.15) is 5.82 Å². The number of nitrogens with one attached hydrogen (secondary N) is 1. The predicted octanol–water partition coefficient (Wildman–Crippen LogP) is 3.90. The summed E-state index contributed by atoms with van der Waals surface area (Å²) < 4.78 is 13.5. The molecule has 2 rings (SSSR count). The highest BCUT2D eigenvalue weighted by Gasteiger charge is 2.42. The quantitative estimate of drug-likeness (QED) is 0.815. The van der Waals surface area contributed by atoms with Crippen LogP contribution in [0.25, 0.3) is 0 Å². The lowest BCUT2D eigenvalue weighted by molar-refractivity contribution is -0.145.